The van der Waals surface area contributed by atoms with Crippen molar-refractivity contribution in [2.45, 2.75) is 13.3 Å². The van der Waals surface area contributed by atoms with Crippen LogP contribution in [0.4, 0.5) is 0 Å². The third-order valence-electron chi connectivity index (χ3n) is 1.41. The van der Waals surface area contributed by atoms with Crippen LogP contribution in [0.2, 0.25) is 0 Å². The van der Waals surface area contributed by atoms with E-state index in [2.05, 4.69) is 4.98 Å². The van der Waals surface area contributed by atoms with Crippen molar-refractivity contribution in [1.29, 1.82) is 0 Å². The molecular weight excluding hydrogens is 142 g/mol. The number of aromatic amines is 1. The third-order valence-corrected chi connectivity index (χ3v) is 1.41. The molecule has 3 nitrogen and oxygen atoms in total. The van der Waals surface area contributed by atoms with Gasteiger partial charge in [-0.3, -0.25) is 9.59 Å². The summed E-state index contributed by atoms with van der Waals surface area (Å²) >= 11 is 0. The Kier molecular flexibility index (Phi) is 2.21. The van der Waals surface area contributed by atoms with Crippen molar-refractivity contribution in [3.63, 3.8) is 0 Å². The fraction of sp³-hybridized carbons (Fsp3) is 0.250. The number of carbonyl (C=O) groups excluding carboxylic acids is 2. The Labute approximate surface area is 64.4 Å². The van der Waals surface area contributed by atoms with Gasteiger partial charge in [-0.15, -0.1) is 0 Å². The lowest BCUT2D eigenvalue weighted by Crippen LogP contribution is -2.12. The zero-order chi connectivity index (χ0) is 8.27. The molecule has 0 fully saturated rings. The van der Waals surface area contributed by atoms with E-state index in [1.54, 1.807) is 18.3 Å². The highest BCUT2D eigenvalue weighted by Gasteiger charge is 2.08. The highest BCUT2D eigenvalue weighted by Crippen LogP contribution is 1.96. The Hall–Kier alpha value is -1.38. The lowest BCUT2D eigenvalue weighted by atomic mass is 10.2. The van der Waals surface area contributed by atoms with E-state index < -0.39 is 0 Å². The largest absolute Gasteiger partial charge is 0.365 e. The van der Waals surface area contributed by atoms with Crippen molar-refractivity contribution in [2.24, 2.45) is 0 Å². The van der Waals surface area contributed by atoms with Crippen LogP contribution in [0, 0.1) is 0 Å². The average Bonchev–Trinajstić information content (AvgIpc) is 2.39. The van der Waals surface area contributed by atoms with Crippen LogP contribution in [0.3, 0.4) is 0 Å². The molecule has 3 heteroatoms. The predicted octanol–water partition coefficient (Wildman–Crippen LogP) is 0.715. The lowest BCUT2D eigenvalue weighted by Gasteiger charge is -1.91. The molecule has 0 spiro atoms. The summed E-state index contributed by atoms with van der Waals surface area (Å²) in [6.45, 7) is 1.28. The number of hydrogen-bond donors (Lipinski definition) is 1. The molecule has 0 radical (unpaired) electrons. The van der Waals surface area contributed by atoms with Crippen molar-refractivity contribution < 1.29 is 9.59 Å². The summed E-state index contributed by atoms with van der Waals surface area (Å²) < 4.78 is 0. The van der Waals surface area contributed by atoms with Crippen molar-refractivity contribution in [3.8, 4) is 0 Å². The highest BCUT2D eigenvalue weighted by atomic mass is 16.2. The normalized spacial score (nSPS) is 9.55. The summed E-state index contributed by atoms with van der Waals surface area (Å²) in [7, 11) is 0. The van der Waals surface area contributed by atoms with E-state index in [1.165, 1.54) is 6.92 Å². The summed E-state index contributed by atoms with van der Waals surface area (Å²) in [6, 6.07) is 3.57. The zero-order valence-corrected chi connectivity index (χ0v) is 6.26. The molecule has 0 unspecified atom stereocenters. The topological polar surface area (TPSA) is 49.9 Å². The van der Waals surface area contributed by atoms with Crippen molar-refractivity contribution in [3.05, 3.63) is 24.0 Å². The Morgan fingerprint density at radius 1 is 1.55 bits per heavy atom. The number of aromatic nitrogens is 1. The smallest absolute Gasteiger partial charge is 0.203 e. The Morgan fingerprint density at radius 2 is 2.27 bits per heavy atom. The molecule has 1 aromatic heterocycles. The first-order valence-corrected chi connectivity index (χ1v) is 3.36. The van der Waals surface area contributed by atoms with E-state index in [1.807, 2.05) is 0 Å². The molecule has 1 rings (SSSR count). The molecule has 58 valence electrons. The number of ketones is 2. The molecule has 0 aliphatic carbocycles. The number of carbonyl (C=O) groups is 2. The van der Waals surface area contributed by atoms with Gasteiger partial charge in [0.25, 0.3) is 0 Å². The Bertz CT molecular complexity index is 262. The molecular formula is C8H9NO2. The lowest BCUT2D eigenvalue weighted by molar-refractivity contribution is -0.134. The second-order valence-electron chi connectivity index (χ2n) is 2.35. The van der Waals surface area contributed by atoms with Gasteiger partial charge in [0, 0.05) is 18.8 Å². The average molecular weight is 151 g/mol. The molecule has 0 saturated heterocycles. The van der Waals surface area contributed by atoms with Gasteiger partial charge in [0.15, 0.2) is 5.78 Å². The minimum Gasteiger partial charge on any atom is -0.365 e. The van der Waals surface area contributed by atoms with Crippen LogP contribution in [0.15, 0.2) is 18.3 Å². The number of nitrogens with one attached hydrogen (secondary N) is 1. The van der Waals surface area contributed by atoms with Crippen LogP contribution < -0.4 is 0 Å². The molecule has 0 amide bonds. The summed E-state index contributed by atoms with van der Waals surface area (Å²) in [4.78, 5) is 24.2. The van der Waals surface area contributed by atoms with Crippen LogP contribution in [-0.4, -0.2) is 16.6 Å². The van der Waals surface area contributed by atoms with E-state index >= 15 is 0 Å². The number of hydrogen-bond acceptors (Lipinski definition) is 2. The summed E-state index contributed by atoms with van der Waals surface area (Å²) in [5, 5.41) is 0. The van der Waals surface area contributed by atoms with Crippen LogP contribution in [-0.2, 0) is 16.0 Å². The Balaban J connectivity index is 2.57. The van der Waals surface area contributed by atoms with Crippen LogP contribution in [0.25, 0.3) is 0 Å². The quantitative estimate of drug-likeness (QED) is 0.647. The van der Waals surface area contributed by atoms with Gasteiger partial charge in [-0.1, -0.05) is 0 Å². The first-order chi connectivity index (χ1) is 5.20. The Morgan fingerprint density at radius 3 is 2.73 bits per heavy atom. The van der Waals surface area contributed by atoms with E-state index in [0.29, 0.717) is 0 Å². The van der Waals surface area contributed by atoms with E-state index in [-0.39, 0.29) is 18.0 Å². The molecule has 0 atom stereocenters. The SMILES string of the molecule is CC(=O)C(=O)Cc1ccc[nH]1. The fourth-order valence-corrected chi connectivity index (χ4v) is 0.775. The molecule has 0 saturated carbocycles. The van der Waals surface area contributed by atoms with E-state index in [9.17, 15) is 9.59 Å². The first-order valence-electron chi connectivity index (χ1n) is 3.36. The molecule has 0 aliphatic heterocycles. The maximum atomic E-state index is 10.8. The zero-order valence-electron chi connectivity index (χ0n) is 6.26. The molecule has 0 aromatic carbocycles. The van der Waals surface area contributed by atoms with E-state index in [4.69, 9.17) is 0 Å². The van der Waals surface area contributed by atoms with Gasteiger partial charge in [0.2, 0.25) is 5.78 Å². The van der Waals surface area contributed by atoms with Gasteiger partial charge in [0.05, 0.1) is 6.42 Å². The van der Waals surface area contributed by atoms with Crippen molar-refractivity contribution in [1.82, 2.24) is 4.98 Å². The molecule has 0 aliphatic rings. The maximum Gasteiger partial charge on any atom is 0.203 e. The van der Waals surface area contributed by atoms with Crippen molar-refractivity contribution >= 4 is 11.6 Å². The van der Waals surface area contributed by atoms with E-state index in [0.717, 1.165) is 5.69 Å². The first kappa shape index (κ1) is 7.72. The van der Waals surface area contributed by atoms with Gasteiger partial charge in [-0.05, 0) is 12.1 Å². The predicted molar refractivity (Wildman–Crippen MR) is 40.2 cm³/mol. The number of rotatable bonds is 3. The minimum atomic E-state index is -0.389. The van der Waals surface area contributed by atoms with Crippen LogP contribution >= 0.6 is 0 Å². The molecule has 1 aromatic rings. The van der Waals surface area contributed by atoms with Crippen molar-refractivity contribution in [2.75, 3.05) is 0 Å². The monoisotopic (exact) mass is 151 g/mol. The molecule has 1 heterocycles. The minimum absolute atomic E-state index is 0.183. The molecule has 1 N–H and O–H groups in total. The van der Waals surface area contributed by atoms with Gasteiger partial charge >= 0.3 is 0 Å². The van der Waals surface area contributed by atoms with Crippen LogP contribution in [0.5, 0.6) is 0 Å². The summed E-state index contributed by atoms with van der Waals surface area (Å²) in [5.41, 5.74) is 0.783. The van der Waals surface area contributed by atoms with Crippen LogP contribution in [0.1, 0.15) is 12.6 Å². The number of Topliss-reactive ketones (excluding diaryl/α,β-unsaturated/α-hetero) is 2. The second-order valence-corrected chi connectivity index (χ2v) is 2.35. The second kappa shape index (κ2) is 3.14. The maximum absolute atomic E-state index is 10.8. The number of H-pyrrole nitrogens is 1. The molecule has 11 heavy (non-hydrogen) atoms. The van der Waals surface area contributed by atoms with Gasteiger partial charge in [-0.25, -0.2) is 0 Å². The standard InChI is InChI=1S/C8H9NO2/c1-6(10)8(11)5-7-3-2-4-9-7/h2-4,9H,5H2,1H3. The van der Waals surface area contributed by atoms with Gasteiger partial charge in [-0.2, -0.15) is 0 Å². The van der Waals surface area contributed by atoms with Gasteiger partial charge in [0.1, 0.15) is 0 Å². The highest BCUT2D eigenvalue weighted by molar-refractivity contribution is 6.36. The third kappa shape index (κ3) is 2.04. The van der Waals surface area contributed by atoms with Gasteiger partial charge < -0.3 is 4.98 Å². The fourth-order valence-electron chi connectivity index (χ4n) is 0.775. The molecule has 0 bridgehead atoms. The summed E-state index contributed by atoms with van der Waals surface area (Å²) in [5.74, 6) is -0.743. The summed E-state index contributed by atoms with van der Waals surface area (Å²) in [6.07, 6.45) is 1.91.